The lowest BCUT2D eigenvalue weighted by Crippen LogP contribution is -2.59. The zero-order valence-electron chi connectivity index (χ0n) is 10.8. The van der Waals surface area contributed by atoms with Crippen molar-refractivity contribution < 1.29 is 12.8 Å². The fourth-order valence-corrected chi connectivity index (χ4v) is 4.50. The van der Waals surface area contributed by atoms with Crippen molar-refractivity contribution in [1.29, 1.82) is 0 Å². The summed E-state index contributed by atoms with van der Waals surface area (Å²) < 4.78 is 39.7. The molecule has 1 aliphatic heterocycles. The lowest BCUT2D eigenvalue weighted by Gasteiger charge is -2.41. The van der Waals surface area contributed by atoms with E-state index in [4.69, 9.17) is 11.6 Å². The minimum Gasteiger partial charge on any atom is -0.314 e. The molecule has 0 radical (unpaired) electrons. The van der Waals surface area contributed by atoms with E-state index in [1.807, 2.05) is 13.8 Å². The zero-order valence-corrected chi connectivity index (χ0v) is 12.4. The summed E-state index contributed by atoms with van der Waals surface area (Å²) in [6, 6.07) is 3.34. The van der Waals surface area contributed by atoms with Gasteiger partial charge in [-0.2, -0.15) is 4.31 Å². The highest BCUT2D eigenvalue weighted by Crippen LogP contribution is 2.30. The van der Waals surface area contributed by atoms with Gasteiger partial charge in [-0.15, -0.1) is 0 Å². The fraction of sp³-hybridized carbons (Fsp3) is 0.500. The van der Waals surface area contributed by atoms with Crippen LogP contribution in [0.2, 0.25) is 5.02 Å². The van der Waals surface area contributed by atoms with E-state index in [2.05, 4.69) is 5.32 Å². The number of halogens is 2. The Kier molecular flexibility index (Phi) is 3.88. The van der Waals surface area contributed by atoms with Crippen molar-refractivity contribution in [2.75, 3.05) is 19.6 Å². The summed E-state index contributed by atoms with van der Waals surface area (Å²) in [5.41, 5.74) is -0.547. The number of piperazine rings is 1. The van der Waals surface area contributed by atoms with Gasteiger partial charge in [0.2, 0.25) is 10.0 Å². The van der Waals surface area contributed by atoms with Gasteiger partial charge in [-0.1, -0.05) is 11.6 Å². The molecule has 0 bridgehead atoms. The normalized spacial score (nSPS) is 20.4. The predicted molar refractivity (Wildman–Crippen MR) is 72.3 cm³/mol. The Bertz CT molecular complexity index is 589. The van der Waals surface area contributed by atoms with Gasteiger partial charge in [0.25, 0.3) is 0 Å². The highest BCUT2D eigenvalue weighted by atomic mass is 35.5. The Morgan fingerprint density at radius 1 is 1.42 bits per heavy atom. The summed E-state index contributed by atoms with van der Waals surface area (Å²) in [5.74, 6) is -0.552. The first-order valence-corrected chi connectivity index (χ1v) is 7.75. The third-order valence-electron chi connectivity index (χ3n) is 3.19. The van der Waals surface area contributed by atoms with E-state index in [0.717, 1.165) is 12.1 Å². The van der Waals surface area contributed by atoms with E-state index in [-0.39, 0.29) is 9.92 Å². The van der Waals surface area contributed by atoms with E-state index in [9.17, 15) is 12.8 Å². The summed E-state index contributed by atoms with van der Waals surface area (Å²) in [6.45, 7) is 5.19. The van der Waals surface area contributed by atoms with E-state index in [1.54, 1.807) is 0 Å². The van der Waals surface area contributed by atoms with Gasteiger partial charge in [-0.3, -0.25) is 0 Å². The highest BCUT2D eigenvalue weighted by Gasteiger charge is 2.39. The molecule has 1 fully saturated rings. The first-order valence-electron chi connectivity index (χ1n) is 5.94. The quantitative estimate of drug-likeness (QED) is 0.907. The van der Waals surface area contributed by atoms with Crippen LogP contribution >= 0.6 is 11.6 Å². The Morgan fingerprint density at radius 3 is 2.68 bits per heavy atom. The third kappa shape index (κ3) is 2.76. The second kappa shape index (κ2) is 5.01. The molecule has 19 heavy (non-hydrogen) atoms. The predicted octanol–water partition coefficient (Wildman–Crippen LogP) is 1.85. The molecule has 1 aliphatic rings. The maximum atomic E-state index is 13.0. The van der Waals surface area contributed by atoms with Crippen LogP contribution in [0.3, 0.4) is 0 Å². The molecule has 1 saturated heterocycles. The molecular formula is C12H16ClFN2O2S. The standard InChI is InChI=1S/C12H16ClFN2O2S/c1-12(2)8-15-5-6-16(12)19(17,18)11-4-3-9(14)7-10(11)13/h3-4,7,15H,5-6,8H2,1-2H3. The van der Waals surface area contributed by atoms with Gasteiger partial charge in [0.05, 0.1) is 5.02 Å². The summed E-state index contributed by atoms with van der Waals surface area (Å²) in [7, 11) is -3.72. The van der Waals surface area contributed by atoms with Crippen LogP contribution in [-0.4, -0.2) is 37.9 Å². The third-order valence-corrected chi connectivity index (χ3v) is 5.78. The molecule has 0 aliphatic carbocycles. The van der Waals surface area contributed by atoms with Gasteiger partial charge in [-0.25, -0.2) is 12.8 Å². The second-order valence-corrected chi connectivity index (χ2v) is 7.38. The van der Waals surface area contributed by atoms with Crippen molar-refractivity contribution in [3.63, 3.8) is 0 Å². The van der Waals surface area contributed by atoms with Crippen LogP contribution in [0.5, 0.6) is 0 Å². The molecule has 0 amide bonds. The van der Waals surface area contributed by atoms with E-state index < -0.39 is 21.4 Å². The lowest BCUT2D eigenvalue weighted by molar-refractivity contribution is 0.186. The molecule has 1 heterocycles. The first kappa shape index (κ1) is 14.7. The largest absolute Gasteiger partial charge is 0.314 e. The Morgan fingerprint density at radius 2 is 2.11 bits per heavy atom. The molecule has 7 heteroatoms. The van der Waals surface area contributed by atoms with E-state index >= 15 is 0 Å². The van der Waals surface area contributed by atoms with Crippen LogP contribution in [0, 0.1) is 5.82 Å². The fourth-order valence-electron chi connectivity index (χ4n) is 2.21. The molecular weight excluding hydrogens is 291 g/mol. The smallest absolute Gasteiger partial charge is 0.245 e. The number of nitrogens with zero attached hydrogens (tertiary/aromatic N) is 1. The van der Waals surface area contributed by atoms with Gasteiger partial charge < -0.3 is 5.32 Å². The summed E-state index contributed by atoms with van der Waals surface area (Å²) in [6.07, 6.45) is 0. The van der Waals surface area contributed by atoms with E-state index in [1.165, 1.54) is 10.4 Å². The molecule has 1 N–H and O–H groups in total. The van der Waals surface area contributed by atoms with Gasteiger partial charge in [-0.05, 0) is 32.0 Å². The van der Waals surface area contributed by atoms with Gasteiger partial charge >= 0.3 is 0 Å². The van der Waals surface area contributed by atoms with Crippen LogP contribution in [0.25, 0.3) is 0 Å². The zero-order chi connectivity index (χ0) is 14.3. The maximum absolute atomic E-state index is 13.0. The first-order chi connectivity index (χ1) is 8.75. The number of hydrogen-bond acceptors (Lipinski definition) is 3. The van der Waals surface area contributed by atoms with Crippen molar-refractivity contribution in [3.05, 3.63) is 29.0 Å². The molecule has 0 saturated carbocycles. The molecule has 0 spiro atoms. The van der Waals surface area contributed by atoms with Crippen molar-refractivity contribution in [3.8, 4) is 0 Å². The molecule has 0 unspecified atom stereocenters. The number of hydrogen-bond donors (Lipinski definition) is 1. The number of nitrogens with one attached hydrogen (secondary N) is 1. The van der Waals surface area contributed by atoms with Crippen LogP contribution in [0.15, 0.2) is 23.1 Å². The number of sulfonamides is 1. The minimum atomic E-state index is -3.72. The topological polar surface area (TPSA) is 49.4 Å². The second-order valence-electron chi connectivity index (χ2n) is 5.14. The van der Waals surface area contributed by atoms with Crippen molar-refractivity contribution in [2.45, 2.75) is 24.3 Å². The highest BCUT2D eigenvalue weighted by molar-refractivity contribution is 7.89. The number of benzene rings is 1. The van der Waals surface area contributed by atoms with Gasteiger partial charge in [0.15, 0.2) is 0 Å². The monoisotopic (exact) mass is 306 g/mol. The molecule has 1 aromatic rings. The average Bonchev–Trinajstić information content (AvgIpc) is 2.27. The van der Waals surface area contributed by atoms with Gasteiger partial charge in [0.1, 0.15) is 10.7 Å². The number of rotatable bonds is 2. The molecule has 0 atom stereocenters. The van der Waals surface area contributed by atoms with Crippen LogP contribution < -0.4 is 5.32 Å². The molecule has 4 nitrogen and oxygen atoms in total. The Hall–Kier alpha value is -0.690. The molecule has 1 aromatic carbocycles. The van der Waals surface area contributed by atoms with Crippen molar-refractivity contribution >= 4 is 21.6 Å². The van der Waals surface area contributed by atoms with Crippen LogP contribution in [0.4, 0.5) is 4.39 Å². The van der Waals surface area contributed by atoms with Crippen LogP contribution in [0.1, 0.15) is 13.8 Å². The average molecular weight is 307 g/mol. The van der Waals surface area contributed by atoms with Gasteiger partial charge in [0, 0.05) is 25.2 Å². The SMILES string of the molecule is CC1(C)CNCCN1S(=O)(=O)c1ccc(F)cc1Cl. The molecule has 106 valence electrons. The summed E-state index contributed by atoms with van der Waals surface area (Å²) in [4.78, 5) is -0.0504. The molecule has 0 aromatic heterocycles. The van der Waals surface area contributed by atoms with Crippen molar-refractivity contribution in [2.24, 2.45) is 0 Å². The van der Waals surface area contributed by atoms with Crippen molar-refractivity contribution in [1.82, 2.24) is 9.62 Å². The van der Waals surface area contributed by atoms with Crippen LogP contribution in [-0.2, 0) is 10.0 Å². The summed E-state index contributed by atoms with van der Waals surface area (Å²) >= 11 is 5.86. The summed E-state index contributed by atoms with van der Waals surface area (Å²) in [5, 5.41) is 3.06. The molecule has 2 rings (SSSR count). The maximum Gasteiger partial charge on any atom is 0.245 e. The Balaban J connectivity index is 2.47. The lowest BCUT2D eigenvalue weighted by atomic mass is 10.0. The Labute approximate surface area is 117 Å². The van der Waals surface area contributed by atoms with E-state index in [0.29, 0.717) is 19.6 Å². The minimum absolute atomic E-state index is 0.0504.